The van der Waals surface area contributed by atoms with E-state index in [1.54, 1.807) is 43.5 Å². The van der Waals surface area contributed by atoms with Gasteiger partial charge in [-0.05, 0) is 41.8 Å². The number of carbonyl (C=O) groups is 1. The first-order valence-electron chi connectivity index (χ1n) is 6.74. The highest BCUT2D eigenvalue weighted by molar-refractivity contribution is 6.32. The summed E-state index contributed by atoms with van der Waals surface area (Å²) in [6, 6.07) is 12.3. The van der Waals surface area contributed by atoms with Crippen molar-refractivity contribution in [3.63, 3.8) is 0 Å². The smallest absolute Gasteiger partial charge is 0.311 e. The summed E-state index contributed by atoms with van der Waals surface area (Å²) >= 11 is 6.09. The predicted octanol–water partition coefficient (Wildman–Crippen LogP) is 3.77. The van der Waals surface area contributed by atoms with Crippen molar-refractivity contribution < 1.29 is 19.4 Å². The maximum Gasteiger partial charge on any atom is 0.311 e. The first-order valence-corrected chi connectivity index (χ1v) is 7.12. The minimum Gasteiger partial charge on any atom is -0.497 e. The van der Waals surface area contributed by atoms with Crippen molar-refractivity contribution in [3.05, 3.63) is 58.6 Å². The van der Waals surface area contributed by atoms with E-state index in [4.69, 9.17) is 21.1 Å². The standard InChI is InChI=1S/C17H17ClO4/c1-21-13-6-4-12(5-7-13)14(17(19)20)9-11-3-8-16(22-2)15(18)10-11/h3-8,10,14H,9H2,1-2H3,(H,19,20). The highest BCUT2D eigenvalue weighted by Crippen LogP contribution is 2.29. The van der Waals surface area contributed by atoms with Crippen molar-refractivity contribution in [3.8, 4) is 11.5 Å². The molecule has 0 saturated carbocycles. The molecule has 0 amide bonds. The SMILES string of the molecule is COc1ccc(C(Cc2ccc(OC)c(Cl)c2)C(=O)O)cc1. The van der Waals surface area contributed by atoms with Gasteiger partial charge in [0.1, 0.15) is 11.5 Å². The van der Waals surface area contributed by atoms with Crippen molar-refractivity contribution in [1.82, 2.24) is 0 Å². The molecule has 0 fully saturated rings. The third kappa shape index (κ3) is 3.71. The van der Waals surface area contributed by atoms with Crippen molar-refractivity contribution >= 4 is 17.6 Å². The Kier molecular flexibility index (Phi) is 5.28. The quantitative estimate of drug-likeness (QED) is 0.880. The lowest BCUT2D eigenvalue weighted by Gasteiger charge is -2.14. The number of ether oxygens (including phenoxy) is 2. The number of hydrogen-bond donors (Lipinski definition) is 1. The Morgan fingerprint density at radius 3 is 2.32 bits per heavy atom. The minimum atomic E-state index is -0.878. The van der Waals surface area contributed by atoms with E-state index < -0.39 is 11.9 Å². The second-order valence-corrected chi connectivity index (χ2v) is 5.24. The molecule has 5 heteroatoms. The van der Waals surface area contributed by atoms with Gasteiger partial charge < -0.3 is 14.6 Å². The van der Waals surface area contributed by atoms with Crippen LogP contribution < -0.4 is 9.47 Å². The summed E-state index contributed by atoms with van der Waals surface area (Å²) < 4.78 is 10.2. The number of benzene rings is 2. The normalized spacial score (nSPS) is 11.8. The Bertz CT molecular complexity index is 652. The molecule has 2 aromatic rings. The summed E-state index contributed by atoms with van der Waals surface area (Å²) in [6.07, 6.45) is 0.353. The van der Waals surface area contributed by atoms with Crippen LogP contribution in [0.25, 0.3) is 0 Å². The van der Waals surface area contributed by atoms with Gasteiger partial charge in [0.05, 0.1) is 25.2 Å². The van der Waals surface area contributed by atoms with Gasteiger partial charge in [0, 0.05) is 0 Å². The zero-order valence-electron chi connectivity index (χ0n) is 12.4. The molecule has 0 aliphatic carbocycles. The van der Waals surface area contributed by atoms with E-state index in [0.717, 1.165) is 11.1 Å². The Labute approximate surface area is 134 Å². The number of aliphatic carboxylic acids is 1. The van der Waals surface area contributed by atoms with Gasteiger partial charge in [-0.25, -0.2) is 0 Å². The predicted molar refractivity (Wildman–Crippen MR) is 85.1 cm³/mol. The minimum absolute atomic E-state index is 0.353. The van der Waals surface area contributed by atoms with Crippen molar-refractivity contribution in [2.75, 3.05) is 14.2 Å². The summed E-state index contributed by atoms with van der Waals surface area (Å²) in [6.45, 7) is 0. The third-order valence-electron chi connectivity index (χ3n) is 3.47. The van der Waals surface area contributed by atoms with Gasteiger partial charge in [-0.1, -0.05) is 29.8 Å². The first-order chi connectivity index (χ1) is 10.5. The number of carboxylic acid groups (broad SMARTS) is 1. The lowest BCUT2D eigenvalue weighted by molar-refractivity contribution is -0.138. The maximum atomic E-state index is 11.6. The van der Waals surface area contributed by atoms with Crippen molar-refractivity contribution in [2.24, 2.45) is 0 Å². The second kappa shape index (κ2) is 7.18. The Morgan fingerprint density at radius 1 is 1.14 bits per heavy atom. The Hall–Kier alpha value is -2.20. The molecule has 1 unspecified atom stereocenters. The van der Waals surface area contributed by atoms with E-state index in [-0.39, 0.29) is 0 Å². The van der Waals surface area contributed by atoms with Crippen LogP contribution in [0.5, 0.6) is 11.5 Å². The Morgan fingerprint density at radius 2 is 1.82 bits per heavy atom. The zero-order valence-corrected chi connectivity index (χ0v) is 13.1. The average Bonchev–Trinajstić information content (AvgIpc) is 2.52. The molecule has 2 aromatic carbocycles. The summed E-state index contributed by atoms with van der Waals surface area (Å²) in [7, 11) is 3.11. The fraction of sp³-hybridized carbons (Fsp3) is 0.235. The molecule has 0 aromatic heterocycles. The number of rotatable bonds is 6. The molecule has 116 valence electrons. The summed E-state index contributed by atoms with van der Waals surface area (Å²) in [5.41, 5.74) is 1.56. The summed E-state index contributed by atoms with van der Waals surface area (Å²) in [5, 5.41) is 9.97. The molecule has 2 rings (SSSR count). The lowest BCUT2D eigenvalue weighted by Crippen LogP contribution is -2.14. The third-order valence-corrected chi connectivity index (χ3v) is 3.77. The molecule has 0 bridgehead atoms. The molecule has 1 N–H and O–H groups in total. The van der Waals surface area contributed by atoms with Crippen LogP contribution in [-0.4, -0.2) is 25.3 Å². The van der Waals surface area contributed by atoms with E-state index in [9.17, 15) is 9.90 Å². The molecule has 0 spiro atoms. The first kappa shape index (κ1) is 16.2. The Balaban J connectivity index is 2.25. The highest BCUT2D eigenvalue weighted by Gasteiger charge is 2.21. The fourth-order valence-corrected chi connectivity index (χ4v) is 2.54. The maximum absolute atomic E-state index is 11.6. The molecular formula is C17H17ClO4. The van der Waals surface area contributed by atoms with Gasteiger partial charge in [0.2, 0.25) is 0 Å². The molecule has 0 saturated heterocycles. The van der Waals surface area contributed by atoms with Crippen LogP contribution in [0.2, 0.25) is 5.02 Å². The second-order valence-electron chi connectivity index (χ2n) is 4.84. The molecule has 0 heterocycles. The molecule has 22 heavy (non-hydrogen) atoms. The molecule has 0 aliphatic rings. The van der Waals surface area contributed by atoms with Gasteiger partial charge >= 0.3 is 5.97 Å². The van der Waals surface area contributed by atoms with E-state index in [0.29, 0.717) is 22.9 Å². The van der Waals surface area contributed by atoms with Crippen LogP contribution in [0.15, 0.2) is 42.5 Å². The van der Waals surface area contributed by atoms with Gasteiger partial charge in [-0.15, -0.1) is 0 Å². The lowest BCUT2D eigenvalue weighted by atomic mass is 9.92. The van der Waals surface area contributed by atoms with Crippen LogP contribution in [0.1, 0.15) is 17.0 Å². The van der Waals surface area contributed by atoms with Gasteiger partial charge in [0.25, 0.3) is 0 Å². The van der Waals surface area contributed by atoms with Crippen LogP contribution >= 0.6 is 11.6 Å². The summed E-state index contributed by atoms with van der Waals surface area (Å²) in [5.74, 6) is -0.255. The van der Waals surface area contributed by atoms with Crippen LogP contribution in [-0.2, 0) is 11.2 Å². The van der Waals surface area contributed by atoms with E-state index in [2.05, 4.69) is 0 Å². The number of halogens is 1. The van der Waals surface area contributed by atoms with Gasteiger partial charge in [0.15, 0.2) is 0 Å². The van der Waals surface area contributed by atoms with E-state index >= 15 is 0 Å². The van der Waals surface area contributed by atoms with Crippen LogP contribution in [0.3, 0.4) is 0 Å². The number of carboxylic acids is 1. The van der Waals surface area contributed by atoms with Crippen LogP contribution in [0.4, 0.5) is 0 Å². The zero-order chi connectivity index (χ0) is 16.1. The van der Waals surface area contributed by atoms with Gasteiger partial charge in [-0.2, -0.15) is 0 Å². The van der Waals surface area contributed by atoms with E-state index in [1.807, 2.05) is 6.07 Å². The van der Waals surface area contributed by atoms with Crippen molar-refractivity contribution in [1.29, 1.82) is 0 Å². The topological polar surface area (TPSA) is 55.8 Å². The number of hydrogen-bond acceptors (Lipinski definition) is 3. The highest BCUT2D eigenvalue weighted by atomic mass is 35.5. The molecular weight excluding hydrogens is 304 g/mol. The van der Waals surface area contributed by atoms with Gasteiger partial charge in [-0.3, -0.25) is 4.79 Å². The van der Waals surface area contributed by atoms with Crippen molar-refractivity contribution in [2.45, 2.75) is 12.3 Å². The summed E-state index contributed by atoms with van der Waals surface area (Å²) in [4.78, 5) is 11.6. The molecule has 1 atom stereocenters. The monoisotopic (exact) mass is 320 g/mol. The number of methoxy groups -OCH3 is 2. The van der Waals surface area contributed by atoms with E-state index in [1.165, 1.54) is 7.11 Å². The molecule has 0 aliphatic heterocycles. The molecule has 0 radical (unpaired) electrons. The van der Waals surface area contributed by atoms with Crippen LogP contribution in [0, 0.1) is 0 Å². The molecule has 4 nitrogen and oxygen atoms in total. The fourth-order valence-electron chi connectivity index (χ4n) is 2.26. The average molecular weight is 321 g/mol. The largest absolute Gasteiger partial charge is 0.497 e.